The van der Waals surface area contributed by atoms with Gasteiger partial charge in [0.1, 0.15) is 11.8 Å². The first-order valence-corrected chi connectivity index (χ1v) is 5.68. The number of fused-ring (bicyclic) bond motifs is 1. The molecule has 0 aliphatic rings. The third-order valence-corrected chi connectivity index (χ3v) is 2.60. The van der Waals surface area contributed by atoms with Gasteiger partial charge >= 0.3 is 0 Å². The van der Waals surface area contributed by atoms with Crippen molar-refractivity contribution < 1.29 is 14.3 Å². The smallest absolute Gasteiger partial charge is 0.255 e. The third-order valence-electron chi connectivity index (χ3n) is 2.60. The van der Waals surface area contributed by atoms with Crippen molar-refractivity contribution in [3.63, 3.8) is 0 Å². The van der Waals surface area contributed by atoms with E-state index in [2.05, 4.69) is 5.32 Å². The molecule has 0 bridgehead atoms. The van der Waals surface area contributed by atoms with Crippen LogP contribution in [0.25, 0.3) is 11.0 Å². The standard InChI is InChI=1S/C13H15NO3/c15-8-4-3-7-14-13(16)11-9-17-12-6-2-1-5-10(11)12/h1-2,5-6,9,15H,3-4,7-8H2,(H,14,16). The summed E-state index contributed by atoms with van der Waals surface area (Å²) in [5.74, 6) is -0.132. The predicted octanol–water partition coefficient (Wildman–Crippen LogP) is 1.94. The van der Waals surface area contributed by atoms with Crippen LogP contribution in [-0.2, 0) is 0 Å². The highest BCUT2D eigenvalue weighted by molar-refractivity contribution is 6.05. The Labute approximate surface area is 99.2 Å². The molecule has 0 radical (unpaired) electrons. The fourth-order valence-corrected chi connectivity index (χ4v) is 1.69. The van der Waals surface area contributed by atoms with Crippen molar-refractivity contribution in [1.82, 2.24) is 5.32 Å². The van der Waals surface area contributed by atoms with Gasteiger partial charge in [0.25, 0.3) is 5.91 Å². The van der Waals surface area contributed by atoms with Crippen LogP contribution in [0.5, 0.6) is 0 Å². The van der Waals surface area contributed by atoms with E-state index < -0.39 is 0 Å². The van der Waals surface area contributed by atoms with E-state index in [1.165, 1.54) is 6.26 Å². The Kier molecular flexibility index (Phi) is 3.77. The summed E-state index contributed by atoms with van der Waals surface area (Å²) >= 11 is 0. The lowest BCUT2D eigenvalue weighted by Crippen LogP contribution is -2.24. The molecule has 17 heavy (non-hydrogen) atoms. The van der Waals surface area contributed by atoms with Gasteiger partial charge in [-0.2, -0.15) is 0 Å². The van der Waals surface area contributed by atoms with E-state index in [1.807, 2.05) is 24.3 Å². The molecule has 4 heteroatoms. The quantitative estimate of drug-likeness (QED) is 0.776. The zero-order valence-electron chi connectivity index (χ0n) is 9.48. The lowest BCUT2D eigenvalue weighted by Gasteiger charge is -2.02. The zero-order chi connectivity index (χ0) is 12.1. The number of hydrogen-bond acceptors (Lipinski definition) is 3. The number of rotatable bonds is 5. The van der Waals surface area contributed by atoms with Gasteiger partial charge in [-0.3, -0.25) is 4.79 Å². The molecule has 90 valence electrons. The first-order chi connectivity index (χ1) is 8.33. The monoisotopic (exact) mass is 233 g/mol. The second kappa shape index (κ2) is 5.50. The van der Waals surface area contributed by atoms with Crippen molar-refractivity contribution in [2.75, 3.05) is 13.2 Å². The summed E-state index contributed by atoms with van der Waals surface area (Å²) in [7, 11) is 0. The fraction of sp³-hybridized carbons (Fsp3) is 0.308. The average Bonchev–Trinajstić information content (AvgIpc) is 2.78. The number of unbranched alkanes of at least 4 members (excludes halogenated alkanes) is 1. The van der Waals surface area contributed by atoms with E-state index in [-0.39, 0.29) is 12.5 Å². The molecule has 2 aromatic rings. The number of aliphatic hydroxyl groups is 1. The van der Waals surface area contributed by atoms with Crippen LogP contribution in [-0.4, -0.2) is 24.2 Å². The molecule has 0 saturated heterocycles. The van der Waals surface area contributed by atoms with Crippen LogP contribution >= 0.6 is 0 Å². The SMILES string of the molecule is O=C(NCCCCO)c1coc2ccccc12. The summed E-state index contributed by atoms with van der Waals surface area (Å²) in [5.41, 5.74) is 1.28. The maximum absolute atomic E-state index is 11.8. The van der Waals surface area contributed by atoms with Crippen LogP contribution in [0.4, 0.5) is 0 Å². The van der Waals surface area contributed by atoms with Crippen molar-refractivity contribution in [2.24, 2.45) is 0 Å². The molecule has 0 aliphatic carbocycles. The zero-order valence-corrected chi connectivity index (χ0v) is 9.48. The summed E-state index contributed by atoms with van der Waals surface area (Å²) in [6.07, 6.45) is 2.95. The van der Waals surface area contributed by atoms with Crippen LogP contribution < -0.4 is 5.32 Å². The van der Waals surface area contributed by atoms with Crippen molar-refractivity contribution in [2.45, 2.75) is 12.8 Å². The molecule has 0 saturated carbocycles. The first-order valence-electron chi connectivity index (χ1n) is 5.68. The van der Waals surface area contributed by atoms with Gasteiger partial charge in [-0.1, -0.05) is 18.2 Å². The minimum atomic E-state index is -0.132. The highest BCUT2D eigenvalue weighted by atomic mass is 16.3. The minimum Gasteiger partial charge on any atom is -0.463 e. The number of para-hydroxylation sites is 1. The van der Waals surface area contributed by atoms with Crippen molar-refractivity contribution in [3.8, 4) is 0 Å². The molecule has 2 N–H and O–H groups in total. The van der Waals surface area contributed by atoms with Gasteiger partial charge in [0.2, 0.25) is 0 Å². The highest BCUT2D eigenvalue weighted by Gasteiger charge is 2.12. The molecule has 0 unspecified atom stereocenters. The Morgan fingerprint density at radius 3 is 2.94 bits per heavy atom. The van der Waals surface area contributed by atoms with Crippen LogP contribution in [0.1, 0.15) is 23.2 Å². The molecule has 0 aliphatic heterocycles. The van der Waals surface area contributed by atoms with Crippen LogP contribution in [0.3, 0.4) is 0 Å². The number of nitrogens with one attached hydrogen (secondary N) is 1. The van der Waals surface area contributed by atoms with Crippen molar-refractivity contribution in [3.05, 3.63) is 36.1 Å². The van der Waals surface area contributed by atoms with Crippen LogP contribution in [0.15, 0.2) is 34.9 Å². The third kappa shape index (κ3) is 2.65. The fourth-order valence-electron chi connectivity index (χ4n) is 1.69. The Morgan fingerprint density at radius 2 is 2.12 bits per heavy atom. The Hall–Kier alpha value is -1.81. The summed E-state index contributed by atoms with van der Waals surface area (Å²) in [4.78, 5) is 11.8. The predicted molar refractivity (Wildman–Crippen MR) is 64.9 cm³/mol. The van der Waals surface area contributed by atoms with Gasteiger partial charge < -0.3 is 14.8 Å². The van der Waals surface area contributed by atoms with Gasteiger partial charge in [0.15, 0.2) is 0 Å². The minimum absolute atomic E-state index is 0.132. The van der Waals surface area contributed by atoms with Crippen LogP contribution in [0, 0.1) is 0 Å². The summed E-state index contributed by atoms with van der Waals surface area (Å²) in [6.45, 7) is 0.726. The van der Waals surface area contributed by atoms with Gasteiger partial charge in [0.05, 0.1) is 5.56 Å². The summed E-state index contributed by atoms with van der Waals surface area (Å²) < 4.78 is 5.30. The molecule has 1 heterocycles. The van der Waals surface area contributed by atoms with E-state index in [1.54, 1.807) is 0 Å². The molecule has 0 spiro atoms. The van der Waals surface area contributed by atoms with E-state index in [9.17, 15) is 4.79 Å². The summed E-state index contributed by atoms with van der Waals surface area (Å²) in [5, 5.41) is 12.3. The Bertz CT molecular complexity index is 504. The number of furan rings is 1. The molecular weight excluding hydrogens is 218 g/mol. The van der Waals surface area contributed by atoms with E-state index >= 15 is 0 Å². The second-order valence-corrected chi connectivity index (χ2v) is 3.83. The lowest BCUT2D eigenvalue weighted by molar-refractivity contribution is 0.0953. The molecule has 1 aromatic carbocycles. The van der Waals surface area contributed by atoms with E-state index in [4.69, 9.17) is 9.52 Å². The van der Waals surface area contributed by atoms with Crippen molar-refractivity contribution in [1.29, 1.82) is 0 Å². The van der Waals surface area contributed by atoms with Crippen molar-refractivity contribution >= 4 is 16.9 Å². The molecule has 2 rings (SSSR count). The normalized spacial score (nSPS) is 10.6. The highest BCUT2D eigenvalue weighted by Crippen LogP contribution is 2.20. The van der Waals surface area contributed by atoms with E-state index in [0.29, 0.717) is 24.1 Å². The van der Waals surface area contributed by atoms with Crippen LogP contribution in [0.2, 0.25) is 0 Å². The Balaban J connectivity index is 2.04. The van der Waals surface area contributed by atoms with E-state index in [0.717, 1.165) is 11.8 Å². The Morgan fingerprint density at radius 1 is 1.29 bits per heavy atom. The molecule has 1 amide bonds. The molecule has 0 atom stereocenters. The summed E-state index contributed by atoms with van der Waals surface area (Å²) in [6, 6.07) is 7.44. The number of benzene rings is 1. The lowest BCUT2D eigenvalue weighted by atomic mass is 10.1. The topological polar surface area (TPSA) is 62.5 Å². The largest absolute Gasteiger partial charge is 0.463 e. The van der Waals surface area contributed by atoms with Gasteiger partial charge in [-0.15, -0.1) is 0 Å². The number of hydrogen-bond donors (Lipinski definition) is 2. The molecular formula is C13H15NO3. The van der Waals surface area contributed by atoms with Gasteiger partial charge in [-0.25, -0.2) is 0 Å². The maximum atomic E-state index is 11.8. The average molecular weight is 233 g/mol. The number of aliphatic hydroxyl groups excluding tert-OH is 1. The molecule has 0 fully saturated rings. The maximum Gasteiger partial charge on any atom is 0.255 e. The van der Waals surface area contributed by atoms with Gasteiger partial charge in [-0.05, 0) is 18.9 Å². The number of carbonyl (C=O) groups is 1. The molecule has 4 nitrogen and oxygen atoms in total. The second-order valence-electron chi connectivity index (χ2n) is 3.83. The first kappa shape index (κ1) is 11.7. The number of carbonyl (C=O) groups excluding carboxylic acids is 1. The molecule has 1 aromatic heterocycles. The number of amides is 1. The van der Waals surface area contributed by atoms with Gasteiger partial charge in [0, 0.05) is 18.5 Å².